The van der Waals surface area contributed by atoms with Gasteiger partial charge in [-0.3, -0.25) is 0 Å². The molecule has 0 aromatic carbocycles. The van der Waals surface area contributed by atoms with Gasteiger partial charge in [0.2, 0.25) is 0 Å². The summed E-state index contributed by atoms with van der Waals surface area (Å²) in [4.78, 5) is 0. The highest BCUT2D eigenvalue weighted by molar-refractivity contribution is 7.87. The minimum absolute atomic E-state index is 0.441. The van der Waals surface area contributed by atoms with Crippen LogP contribution in [-0.2, 0) is 10.2 Å². The standard InChI is InChI=1S/C10H20N2O2S/c1-3-4-7-11-15(13,14)12-8-5-6-10(2)9-12/h3,10-11H,1,4-9H2,2H3. The Morgan fingerprint density at radius 3 is 2.93 bits per heavy atom. The van der Waals surface area contributed by atoms with Crippen LogP contribution in [0.3, 0.4) is 0 Å². The summed E-state index contributed by atoms with van der Waals surface area (Å²) in [5.74, 6) is 0.467. The largest absolute Gasteiger partial charge is 0.279 e. The van der Waals surface area contributed by atoms with Gasteiger partial charge in [-0.05, 0) is 25.2 Å². The molecular weight excluding hydrogens is 212 g/mol. The minimum Gasteiger partial charge on any atom is -0.202 e. The van der Waals surface area contributed by atoms with Crippen molar-refractivity contribution >= 4 is 10.2 Å². The second kappa shape index (κ2) is 5.63. The number of rotatable bonds is 5. The normalized spacial score (nSPS) is 23.9. The molecule has 1 aliphatic rings. The van der Waals surface area contributed by atoms with Gasteiger partial charge in [0, 0.05) is 19.6 Å². The number of hydrogen-bond donors (Lipinski definition) is 1. The van der Waals surface area contributed by atoms with Crippen LogP contribution >= 0.6 is 0 Å². The van der Waals surface area contributed by atoms with Gasteiger partial charge in [-0.2, -0.15) is 12.7 Å². The molecule has 0 aliphatic carbocycles. The van der Waals surface area contributed by atoms with Crippen LogP contribution in [0.25, 0.3) is 0 Å². The summed E-state index contributed by atoms with van der Waals surface area (Å²) in [5.41, 5.74) is 0. The predicted molar refractivity (Wildman–Crippen MR) is 61.7 cm³/mol. The maximum absolute atomic E-state index is 11.8. The molecule has 0 spiro atoms. The first-order chi connectivity index (χ1) is 7.06. The molecule has 1 fully saturated rings. The Hall–Kier alpha value is -0.390. The van der Waals surface area contributed by atoms with Crippen molar-refractivity contribution < 1.29 is 8.42 Å². The number of hydrogen-bond acceptors (Lipinski definition) is 2. The van der Waals surface area contributed by atoms with E-state index in [1.54, 1.807) is 10.4 Å². The van der Waals surface area contributed by atoms with Crippen LogP contribution in [0.5, 0.6) is 0 Å². The van der Waals surface area contributed by atoms with Crippen LogP contribution in [0.2, 0.25) is 0 Å². The Balaban J connectivity index is 2.48. The lowest BCUT2D eigenvalue weighted by Gasteiger charge is -2.29. The first-order valence-corrected chi connectivity index (χ1v) is 6.86. The van der Waals surface area contributed by atoms with Gasteiger partial charge in [0.15, 0.2) is 0 Å². The van der Waals surface area contributed by atoms with E-state index in [9.17, 15) is 8.42 Å². The summed E-state index contributed by atoms with van der Waals surface area (Å²) in [6.07, 6.45) is 4.46. The number of nitrogens with one attached hydrogen (secondary N) is 1. The lowest BCUT2D eigenvalue weighted by Crippen LogP contribution is -2.45. The fourth-order valence-corrected chi connectivity index (χ4v) is 3.12. The predicted octanol–water partition coefficient (Wildman–Crippen LogP) is 1.13. The Morgan fingerprint density at radius 1 is 1.60 bits per heavy atom. The molecular formula is C10H20N2O2S. The van der Waals surface area contributed by atoms with Gasteiger partial charge in [-0.25, -0.2) is 4.72 Å². The topological polar surface area (TPSA) is 49.4 Å². The highest BCUT2D eigenvalue weighted by Crippen LogP contribution is 2.17. The van der Waals surface area contributed by atoms with Crippen molar-refractivity contribution in [2.24, 2.45) is 5.92 Å². The molecule has 5 heteroatoms. The van der Waals surface area contributed by atoms with Gasteiger partial charge in [0.1, 0.15) is 0 Å². The molecule has 15 heavy (non-hydrogen) atoms. The molecule has 0 aromatic rings. The highest BCUT2D eigenvalue weighted by atomic mass is 32.2. The van der Waals surface area contributed by atoms with E-state index in [0.29, 0.717) is 32.0 Å². The molecule has 0 bridgehead atoms. The first-order valence-electron chi connectivity index (χ1n) is 5.42. The second-order valence-electron chi connectivity index (χ2n) is 4.08. The van der Waals surface area contributed by atoms with Gasteiger partial charge < -0.3 is 0 Å². The van der Waals surface area contributed by atoms with Crippen LogP contribution in [0.15, 0.2) is 12.7 Å². The monoisotopic (exact) mass is 232 g/mol. The average molecular weight is 232 g/mol. The molecule has 0 saturated carbocycles. The molecule has 1 rings (SSSR count). The first kappa shape index (κ1) is 12.7. The SMILES string of the molecule is C=CCCNS(=O)(=O)N1CCCC(C)C1. The molecule has 0 aromatic heterocycles. The maximum atomic E-state index is 11.8. The highest BCUT2D eigenvalue weighted by Gasteiger charge is 2.26. The smallest absolute Gasteiger partial charge is 0.202 e. The fourth-order valence-electron chi connectivity index (χ4n) is 1.75. The second-order valence-corrected chi connectivity index (χ2v) is 5.84. The molecule has 1 saturated heterocycles. The van der Waals surface area contributed by atoms with E-state index in [4.69, 9.17) is 0 Å². The van der Waals surface area contributed by atoms with Crippen LogP contribution in [0.1, 0.15) is 26.2 Å². The van der Waals surface area contributed by atoms with Gasteiger partial charge in [-0.1, -0.05) is 13.0 Å². The molecule has 1 N–H and O–H groups in total. The van der Waals surface area contributed by atoms with Crippen molar-refractivity contribution in [1.82, 2.24) is 9.03 Å². The van der Waals surface area contributed by atoms with Crippen LogP contribution < -0.4 is 4.72 Å². The van der Waals surface area contributed by atoms with Crippen LogP contribution in [0, 0.1) is 5.92 Å². The summed E-state index contributed by atoms with van der Waals surface area (Å²) in [7, 11) is -3.25. The summed E-state index contributed by atoms with van der Waals surface area (Å²) < 4.78 is 27.7. The minimum atomic E-state index is -3.25. The van der Waals surface area contributed by atoms with E-state index >= 15 is 0 Å². The van der Waals surface area contributed by atoms with Gasteiger partial charge in [0.05, 0.1) is 0 Å². The molecule has 88 valence electrons. The number of nitrogens with zero attached hydrogens (tertiary/aromatic N) is 1. The van der Waals surface area contributed by atoms with E-state index in [0.717, 1.165) is 12.8 Å². The quantitative estimate of drug-likeness (QED) is 0.570. The van der Waals surface area contributed by atoms with Crippen molar-refractivity contribution in [3.63, 3.8) is 0 Å². The zero-order valence-electron chi connectivity index (χ0n) is 9.28. The van der Waals surface area contributed by atoms with E-state index < -0.39 is 10.2 Å². The van der Waals surface area contributed by atoms with Crippen molar-refractivity contribution in [2.75, 3.05) is 19.6 Å². The van der Waals surface area contributed by atoms with E-state index in [1.165, 1.54) is 0 Å². The van der Waals surface area contributed by atoms with Crippen molar-refractivity contribution in [1.29, 1.82) is 0 Å². The average Bonchev–Trinajstić information content (AvgIpc) is 2.18. The Morgan fingerprint density at radius 2 is 2.33 bits per heavy atom. The Bertz CT molecular complexity index is 301. The summed E-state index contributed by atoms with van der Waals surface area (Å²) in [6, 6.07) is 0. The Labute approximate surface area is 92.5 Å². The lowest BCUT2D eigenvalue weighted by atomic mass is 10.0. The molecule has 0 radical (unpaired) electrons. The van der Waals surface area contributed by atoms with Crippen LogP contribution in [-0.4, -0.2) is 32.4 Å². The lowest BCUT2D eigenvalue weighted by molar-refractivity contribution is 0.278. The molecule has 1 atom stereocenters. The van der Waals surface area contributed by atoms with E-state index in [2.05, 4.69) is 18.2 Å². The summed E-state index contributed by atoms with van der Waals surface area (Å²) >= 11 is 0. The summed E-state index contributed by atoms with van der Waals surface area (Å²) in [6.45, 7) is 7.38. The van der Waals surface area contributed by atoms with Gasteiger partial charge in [0.25, 0.3) is 10.2 Å². The molecule has 1 unspecified atom stereocenters. The zero-order valence-corrected chi connectivity index (χ0v) is 10.1. The van der Waals surface area contributed by atoms with Gasteiger partial charge >= 0.3 is 0 Å². The zero-order chi connectivity index (χ0) is 11.3. The number of piperidine rings is 1. The van der Waals surface area contributed by atoms with E-state index in [-0.39, 0.29) is 0 Å². The maximum Gasteiger partial charge on any atom is 0.279 e. The Kier molecular flexibility index (Phi) is 4.76. The van der Waals surface area contributed by atoms with Crippen molar-refractivity contribution in [3.8, 4) is 0 Å². The molecule has 0 amide bonds. The van der Waals surface area contributed by atoms with Crippen molar-refractivity contribution in [3.05, 3.63) is 12.7 Å². The fraction of sp³-hybridized carbons (Fsp3) is 0.800. The molecule has 1 heterocycles. The van der Waals surface area contributed by atoms with Crippen molar-refractivity contribution in [2.45, 2.75) is 26.2 Å². The van der Waals surface area contributed by atoms with Gasteiger partial charge in [-0.15, -0.1) is 6.58 Å². The third-order valence-electron chi connectivity index (χ3n) is 2.59. The third kappa shape index (κ3) is 3.93. The molecule has 4 nitrogen and oxygen atoms in total. The summed E-state index contributed by atoms with van der Waals surface area (Å²) in [5, 5.41) is 0. The van der Waals surface area contributed by atoms with Crippen LogP contribution in [0.4, 0.5) is 0 Å². The molecule has 1 aliphatic heterocycles. The van der Waals surface area contributed by atoms with E-state index in [1.807, 2.05) is 0 Å². The third-order valence-corrected chi connectivity index (χ3v) is 4.17.